The minimum absolute atomic E-state index is 0.0533. The highest BCUT2D eigenvalue weighted by atomic mass is 35.5. The van der Waals surface area contributed by atoms with Crippen LogP contribution < -0.4 is 5.32 Å². The number of rotatable bonds is 6. The SMILES string of the molecule is CCN(Cc1ccccc1)C(=O)C1CC1C(=O)Nc1cccc(Cl)c1. The van der Waals surface area contributed by atoms with Crippen LogP contribution in [-0.4, -0.2) is 23.3 Å². The van der Waals surface area contributed by atoms with Crippen molar-refractivity contribution in [2.75, 3.05) is 11.9 Å². The van der Waals surface area contributed by atoms with Gasteiger partial charge in [0.2, 0.25) is 11.8 Å². The van der Waals surface area contributed by atoms with E-state index in [1.54, 1.807) is 24.3 Å². The Labute approximate surface area is 152 Å². The van der Waals surface area contributed by atoms with Gasteiger partial charge in [-0.1, -0.05) is 48.0 Å². The Morgan fingerprint density at radius 1 is 1.12 bits per heavy atom. The normalized spacial score (nSPS) is 18.5. The van der Waals surface area contributed by atoms with Crippen LogP contribution in [0.3, 0.4) is 0 Å². The minimum Gasteiger partial charge on any atom is -0.338 e. The average molecular weight is 357 g/mol. The number of anilines is 1. The molecule has 1 aliphatic rings. The first-order valence-electron chi connectivity index (χ1n) is 8.47. The lowest BCUT2D eigenvalue weighted by atomic mass is 10.2. The van der Waals surface area contributed by atoms with Crippen LogP contribution in [0.4, 0.5) is 5.69 Å². The van der Waals surface area contributed by atoms with Crippen molar-refractivity contribution in [2.45, 2.75) is 19.9 Å². The van der Waals surface area contributed by atoms with Gasteiger partial charge in [-0.05, 0) is 37.1 Å². The van der Waals surface area contributed by atoms with E-state index >= 15 is 0 Å². The van der Waals surface area contributed by atoms with Crippen LogP contribution in [0.25, 0.3) is 0 Å². The maximum atomic E-state index is 12.7. The van der Waals surface area contributed by atoms with Crippen LogP contribution in [0.15, 0.2) is 54.6 Å². The Morgan fingerprint density at radius 2 is 1.88 bits per heavy atom. The van der Waals surface area contributed by atoms with Crippen molar-refractivity contribution < 1.29 is 9.59 Å². The summed E-state index contributed by atoms with van der Waals surface area (Å²) >= 11 is 5.93. The Morgan fingerprint density at radius 3 is 2.56 bits per heavy atom. The highest BCUT2D eigenvalue weighted by Gasteiger charge is 2.49. The largest absolute Gasteiger partial charge is 0.338 e. The molecule has 2 aromatic carbocycles. The van der Waals surface area contributed by atoms with Gasteiger partial charge < -0.3 is 10.2 Å². The molecule has 4 nitrogen and oxygen atoms in total. The van der Waals surface area contributed by atoms with Gasteiger partial charge in [0, 0.05) is 23.8 Å². The predicted octanol–water partition coefficient (Wildman–Crippen LogP) is 3.96. The molecule has 25 heavy (non-hydrogen) atoms. The maximum Gasteiger partial charge on any atom is 0.228 e. The van der Waals surface area contributed by atoms with Crippen LogP contribution in [0.5, 0.6) is 0 Å². The van der Waals surface area contributed by atoms with E-state index in [1.165, 1.54) is 0 Å². The van der Waals surface area contributed by atoms with Crippen LogP contribution in [0.1, 0.15) is 18.9 Å². The van der Waals surface area contributed by atoms with Gasteiger partial charge in [-0.2, -0.15) is 0 Å². The summed E-state index contributed by atoms with van der Waals surface area (Å²) in [6, 6.07) is 16.9. The number of carbonyl (C=O) groups is 2. The lowest BCUT2D eigenvalue weighted by Gasteiger charge is -2.21. The van der Waals surface area contributed by atoms with Crippen molar-refractivity contribution in [3.05, 3.63) is 65.2 Å². The standard InChI is InChI=1S/C20H21ClN2O2/c1-2-23(13-14-7-4-3-5-8-14)20(25)18-12-17(18)19(24)22-16-10-6-9-15(21)11-16/h3-11,17-18H,2,12-13H2,1H3,(H,22,24). The zero-order chi connectivity index (χ0) is 17.8. The summed E-state index contributed by atoms with van der Waals surface area (Å²) in [4.78, 5) is 26.8. The predicted molar refractivity (Wildman–Crippen MR) is 99.2 cm³/mol. The fourth-order valence-electron chi connectivity index (χ4n) is 2.94. The van der Waals surface area contributed by atoms with E-state index in [4.69, 9.17) is 11.6 Å². The van der Waals surface area contributed by atoms with Crippen molar-refractivity contribution >= 4 is 29.1 Å². The molecule has 5 heteroatoms. The van der Waals surface area contributed by atoms with E-state index in [9.17, 15) is 9.59 Å². The lowest BCUT2D eigenvalue weighted by molar-refractivity contribution is -0.134. The van der Waals surface area contributed by atoms with E-state index < -0.39 is 0 Å². The van der Waals surface area contributed by atoms with Gasteiger partial charge in [0.05, 0.1) is 11.8 Å². The first-order valence-corrected chi connectivity index (χ1v) is 8.85. The van der Waals surface area contributed by atoms with Gasteiger partial charge in [-0.25, -0.2) is 0 Å². The van der Waals surface area contributed by atoms with Crippen LogP contribution in [-0.2, 0) is 16.1 Å². The molecule has 1 aliphatic carbocycles. The molecule has 0 saturated heterocycles. The van der Waals surface area contributed by atoms with Gasteiger partial charge in [-0.15, -0.1) is 0 Å². The van der Waals surface area contributed by atoms with Gasteiger partial charge in [-0.3, -0.25) is 9.59 Å². The number of hydrogen-bond acceptors (Lipinski definition) is 2. The van der Waals surface area contributed by atoms with Gasteiger partial charge in [0.15, 0.2) is 0 Å². The number of benzene rings is 2. The Balaban J connectivity index is 1.57. The quantitative estimate of drug-likeness (QED) is 0.851. The van der Waals surface area contributed by atoms with Crippen molar-refractivity contribution in [2.24, 2.45) is 11.8 Å². The summed E-state index contributed by atoms with van der Waals surface area (Å²) in [5, 5.41) is 3.41. The van der Waals surface area contributed by atoms with E-state index in [-0.39, 0.29) is 23.7 Å². The number of carbonyl (C=O) groups excluding carboxylic acids is 2. The van der Waals surface area contributed by atoms with Crippen molar-refractivity contribution in [3.8, 4) is 0 Å². The van der Waals surface area contributed by atoms with Crippen LogP contribution in [0.2, 0.25) is 5.02 Å². The Bertz CT molecular complexity index is 763. The second-order valence-corrected chi connectivity index (χ2v) is 6.72. The van der Waals surface area contributed by atoms with Crippen molar-refractivity contribution in [3.63, 3.8) is 0 Å². The van der Waals surface area contributed by atoms with Gasteiger partial charge >= 0.3 is 0 Å². The topological polar surface area (TPSA) is 49.4 Å². The molecule has 0 aliphatic heterocycles. The summed E-state index contributed by atoms with van der Waals surface area (Å²) in [6.07, 6.45) is 0.608. The van der Waals surface area contributed by atoms with E-state index in [1.807, 2.05) is 42.2 Å². The number of halogens is 1. The third kappa shape index (κ3) is 4.40. The van der Waals surface area contributed by atoms with Crippen LogP contribution in [0, 0.1) is 11.8 Å². The smallest absolute Gasteiger partial charge is 0.228 e. The molecular formula is C20H21ClN2O2. The molecule has 0 aromatic heterocycles. The van der Waals surface area contributed by atoms with Gasteiger partial charge in [0.1, 0.15) is 0 Å². The van der Waals surface area contributed by atoms with Crippen LogP contribution >= 0.6 is 11.6 Å². The van der Waals surface area contributed by atoms with Crippen molar-refractivity contribution in [1.82, 2.24) is 4.90 Å². The molecule has 3 rings (SSSR count). The highest BCUT2D eigenvalue weighted by Crippen LogP contribution is 2.41. The molecule has 0 heterocycles. The molecule has 1 N–H and O–H groups in total. The molecular weight excluding hydrogens is 336 g/mol. The average Bonchev–Trinajstić information content (AvgIpc) is 3.41. The molecule has 2 aromatic rings. The molecule has 1 fully saturated rings. The molecule has 1 saturated carbocycles. The lowest BCUT2D eigenvalue weighted by Crippen LogP contribution is -2.33. The summed E-state index contributed by atoms with van der Waals surface area (Å²) in [6.45, 7) is 3.17. The van der Waals surface area contributed by atoms with Crippen molar-refractivity contribution in [1.29, 1.82) is 0 Å². The third-order valence-electron chi connectivity index (χ3n) is 4.45. The number of hydrogen-bond donors (Lipinski definition) is 1. The van der Waals surface area contributed by atoms with Gasteiger partial charge in [0.25, 0.3) is 0 Å². The molecule has 0 bridgehead atoms. The molecule has 2 atom stereocenters. The number of nitrogens with zero attached hydrogens (tertiary/aromatic N) is 1. The second kappa shape index (κ2) is 7.70. The van der Waals surface area contributed by atoms with E-state index in [2.05, 4.69) is 5.32 Å². The fourth-order valence-corrected chi connectivity index (χ4v) is 3.13. The first kappa shape index (κ1) is 17.5. The fraction of sp³-hybridized carbons (Fsp3) is 0.300. The highest BCUT2D eigenvalue weighted by molar-refractivity contribution is 6.30. The summed E-state index contributed by atoms with van der Waals surface area (Å²) in [5.41, 5.74) is 1.76. The summed E-state index contributed by atoms with van der Waals surface area (Å²) in [7, 11) is 0. The molecule has 0 spiro atoms. The first-order chi connectivity index (χ1) is 12.1. The zero-order valence-corrected chi connectivity index (χ0v) is 14.9. The Kier molecular flexibility index (Phi) is 5.39. The maximum absolute atomic E-state index is 12.7. The van der Waals surface area contributed by atoms with E-state index in [0.29, 0.717) is 30.2 Å². The molecule has 2 amide bonds. The minimum atomic E-state index is -0.253. The summed E-state index contributed by atoms with van der Waals surface area (Å²) < 4.78 is 0. The number of nitrogens with one attached hydrogen (secondary N) is 1. The zero-order valence-electron chi connectivity index (χ0n) is 14.1. The van der Waals surface area contributed by atoms with E-state index in [0.717, 1.165) is 5.56 Å². The summed E-state index contributed by atoms with van der Waals surface area (Å²) in [5.74, 6) is -0.534. The third-order valence-corrected chi connectivity index (χ3v) is 4.68. The second-order valence-electron chi connectivity index (χ2n) is 6.29. The molecule has 0 radical (unpaired) electrons. The molecule has 2 unspecified atom stereocenters. The Hall–Kier alpha value is -2.33. The molecule has 130 valence electrons. The monoisotopic (exact) mass is 356 g/mol. The number of amides is 2.